The molecule has 0 atom stereocenters. The normalized spacial score (nSPS) is 11.4. The third kappa shape index (κ3) is 2.52. The lowest BCUT2D eigenvalue weighted by Gasteiger charge is -2.09. The first-order valence-electron chi connectivity index (χ1n) is 6.87. The Kier molecular flexibility index (Phi) is 3.21. The van der Waals surface area contributed by atoms with E-state index in [0.717, 1.165) is 0 Å². The minimum absolute atomic E-state index is 0.165. The van der Waals surface area contributed by atoms with Crippen LogP contribution in [0.1, 0.15) is 30.9 Å². The molecule has 0 aliphatic heterocycles. The molecule has 21 heavy (non-hydrogen) atoms. The fraction of sp³-hybridized carbons (Fsp3) is 0.267. The Morgan fingerprint density at radius 1 is 1.19 bits per heavy atom. The van der Waals surface area contributed by atoms with Crippen LogP contribution in [0.4, 0.5) is 11.8 Å². The zero-order valence-corrected chi connectivity index (χ0v) is 12.1. The molecular weight excluding hydrogens is 264 g/mol. The largest absolute Gasteiger partial charge is 0.382 e. The van der Waals surface area contributed by atoms with Crippen LogP contribution in [0.3, 0.4) is 0 Å². The summed E-state index contributed by atoms with van der Waals surface area (Å²) in [7, 11) is 0. The molecule has 3 rings (SSSR count). The van der Waals surface area contributed by atoms with Gasteiger partial charge in [0.15, 0.2) is 11.5 Å². The van der Waals surface area contributed by atoms with E-state index in [0.29, 0.717) is 29.4 Å². The van der Waals surface area contributed by atoms with Crippen molar-refractivity contribution in [2.24, 2.45) is 0 Å². The molecule has 4 N–H and O–H groups in total. The predicted molar refractivity (Wildman–Crippen MR) is 83.8 cm³/mol. The number of nitrogens with two attached hydrogens (primary N) is 2. The van der Waals surface area contributed by atoms with E-state index >= 15 is 0 Å². The lowest BCUT2D eigenvalue weighted by atomic mass is 10.0. The minimum Gasteiger partial charge on any atom is -0.382 e. The molecule has 0 saturated carbocycles. The number of hydrogen-bond acceptors (Lipinski definition) is 5. The Morgan fingerprint density at radius 2 is 2.00 bits per heavy atom. The Labute approximate surface area is 122 Å². The maximum Gasteiger partial charge on any atom is 0.224 e. The number of nitrogens with zero attached hydrogens (tertiary/aromatic N) is 4. The van der Waals surface area contributed by atoms with Gasteiger partial charge in [-0.25, -0.2) is 4.98 Å². The molecule has 0 spiro atoms. The van der Waals surface area contributed by atoms with E-state index < -0.39 is 0 Å². The summed E-state index contributed by atoms with van der Waals surface area (Å²) in [5.74, 6) is 0.975. The quantitative estimate of drug-likeness (QED) is 0.767. The lowest BCUT2D eigenvalue weighted by Crippen LogP contribution is -2.04. The molecule has 6 heteroatoms. The molecule has 1 aromatic carbocycles. The second-order valence-corrected chi connectivity index (χ2v) is 5.41. The number of imidazole rings is 1. The molecule has 6 nitrogen and oxygen atoms in total. The Hall–Kier alpha value is -2.63. The highest BCUT2D eigenvalue weighted by atomic mass is 15.2. The van der Waals surface area contributed by atoms with Gasteiger partial charge in [0.25, 0.3) is 0 Å². The minimum atomic E-state index is 0.165. The van der Waals surface area contributed by atoms with Crippen LogP contribution in [-0.2, 0) is 6.54 Å². The molecule has 3 aromatic rings. The van der Waals surface area contributed by atoms with Crippen LogP contribution in [0.15, 0.2) is 30.6 Å². The smallest absolute Gasteiger partial charge is 0.224 e. The van der Waals surface area contributed by atoms with Crippen molar-refractivity contribution in [1.29, 1.82) is 0 Å². The molecule has 0 saturated heterocycles. The highest BCUT2D eigenvalue weighted by Gasteiger charge is 2.10. The summed E-state index contributed by atoms with van der Waals surface area (Å²) >= 11 is 0. The highest BCUT2D eigenvalue weighted by Crippen LogP contribution is 2.20. The number of anilines is 2. The van der Waals surface area contributed by atoms with E-state index in [1.807, 2.05) is 4.57 Å². The maximum atomic E-state index is 5.82. The Balaban J connectivity index is 2.00. The van der Waals surface area contributed by atoms with Crippen molar-refractivity contribution in [3.63, 3.8) is 0 Å². The number of nitrogen functional groups attached to an aromatic ring is 2. The SMILES string of the molecule is CC(C)c1cccc(Cn2cnc3c(N)nc(N)nc32)c1. The first-order chi connectivity index (χ1) is 10.0. The fourth-order valence-electron chi connectivity index (χ4n) is 2.35. The number of rotatable bonds is 3. The summed E-state index contributed by atoms with van der Waals surface area (Å²) in [6.07, 6.45) is 1.72. The Bertz CT molecular complexity index is 790. The van der Waals surface area contributed by atoms with Crippen LogP contribution in [0, 0.1) is 0 Å². The van der Waals surface area contributed by atoms with Gasteiger partial charge >= 0.3 is 0 Å². The average Bonchev–Trinajstić information content (AvgIpc) is 2.82. The van der Waals surface area contributed by atoms with E-state index in [2.05, 4.69) is 53.1 Å². The second-order valence-electron chi connectivity index (χ2n) is 5.41. The van der Waals surface area contributed by atoms with Crippen LogP contribution in [-0.4, -0.2) is 19.5 Å². The van der Waals surface area contributed by atoms with E-state index in [1.54, 1.807) is 6.33 Å². The molecule has 2 aromatic heterocycles. The molecule has 0 bridgehead atoms. The van der Waals surface area contributed by atoms with Crippen LogP contribution in [0.5, 0.6) is 0 Å². The van der Waals surface area contributed by atoms with Gasteiger partial charge in [-0.2, -0.15) is 9.97 Å². The molecule has 0 fully saturated rings. The summed E-state index contributed by atoms with van der Waals surface area (Å²) in [5.41, 5.74) is 15.2. The molecule has 0 unspecified atom stereocenters. The number of aromatic nitrogens is 4. The van der Waals surface area contributed by atoms with Gasteiger partial charge in [0.05, 0.1) is 12.9 Å². The van der Waals surface area contributed by atoms with Gasteiger partial charge < -0.3 is 16.0 Å². The van der Waals surface area contributed by atoms with Crippen LogP contribution in [0.2, 0.25) is 0 Å². The van der Waals surface area contributed by atoms with Crippen LogP contribution < -0.4 is 11.5 Å². The summed E-state index contributed by atoms with van der Waals surface area (Å²) < 4.78 is 1.93. The molecule has 0 aliphatic rings. The van der Waals surface area contributed by atoms with Crippen molar-refractivity contribution in [3.8, 4) is 0 Å². The van der Waals surface area contributed by atoms with Crippen molar-refractivity contribution in [1.82, 2.24) is 19.5 Å². The van der Waals surface area contributed by atoms with Gasteiger partial charge in [-0.05, 0) is 17.0 Å². The zero-order chi connectivity index (χ0) is 15.0. The third-order valence-corrected chi connectivity index (χ3v) is 3.48. The summed E-state index contributed by atoms with van der Waals surface area (Å²) in [5, 5.41) is 0. The molecule has 2 heterocycles. The van der Waals surface area contributed by atoms with E-state index in [9.17, 15) is 0 Å². The van der Waals surface area contributed by atoms with Crippen molar-refractivity contribution in [2.45, 2.75) is 26.3 Å². The van der Waals surface area contributed by atoms with Crippen LogP contribution >= 0.6 is 0 Å². The van der Waals surface area contributed by atoms with Gasteiger partial charge in [-0.15, -0.1) is 0 Å². The zero-order valence-electron chi connectivity index (χ0n) is 12.1. The average molecular weight is 282 g/mol. The summed E-state index contributed by atoms with van der Waals surface area (Å²) in [6, 6.07) is 8.50. The molecular formula is C15H18N6. The highest BCUT2D eigenvalue weighted by molar-refractivity contribution is 5.82. The number of benzene rings is 1. The summed E-state index contributed by atoms with van der Waals surface area (Å²) in [6.45, 7) is 5.04. The standard InChI is InChI=1S/C15H18N6/c1-9(2)11-5-3-4-10(6-11)7-21-8-18-12-13(16)19-15(17)20-14(12)21/h3-6,8-9H,7H2,1-2H3,(H4,16,17,19,20). The maximum absolute atomic E-state index is 5.82. The third-order valence-electron chi connectivity index (χ3n) is 3.48. The van der Waals surface area contributed by atoms with Crippen molar-refractivity contribution in [2.75, 3.05) is 11.5 Å². The van der Waals surface area contributed by atoms with Gasteiger partial charge in [-0.1, -0.05) is 38.1 Å². The van der Waals surface area contributed by atoms with Gasteiger partial charge in [-0.3, -0.25) is 0 Å². The lowest BCUT2D eigenvalue weighted by molar-refractivity contribution is 0.804. The molecule has 0 amide bonds. The van der Waals surface area contributed by atoms with Crippen LogP contribution in [0.25, 0.3) is 11.2 Å². The van der Waals surface area contributed by atoms with E-state index in [-0.39, 0.29) is 5.95 Å². The topological polar surface area (TPSA) is 95.6 Å². The first kappa shape index (κ1) is 13.4. The number of fused-ring (bicyclic) bond motifs is 1. The van der Waals surface area contributed by atoms with E-state index in [4.69, 9.17) is 11.5 Å². The molecule has 108 valence electrons. The van der Waals surface area contributed by atoms with Crippen molar-refractivity contribution < 1.29 is 0 Å². The Morgan fingerprint density at radius 3 is 2.76 bits per heavy atom. The van der Waals surface area contributed by atoms with Crippen molar-refractivity contribution >= 4 is 22.9 Å². The predicted octanol–water partition coefficient (Wildman–Crippen LogP) is 2.16. The summed E-state index contributed by atoms with van der Waals surface area (Å²) in [4.78, 5) is 12.4. The van der Waals surface area contributed by atoms with Crippen molar-refractivity contribution in [3.05, 3.63) is 41.7 Å². The number of hydrogen-bond donors (Lipinski definition) is 2. The van der Waals surface area contributed by atoms with Gasteiger partial charge in [0.2, 0.25) is 5.95 Å². The van der Waals surface area contributed by atoms with E-state index in [1.165, 1.54) is 11.1 Å². The fourth-order valence-corrected chi connectivity index (χ4v) is 2.35. The second kappa shape index (κ2) is 5.05. The monoisotopic (exact) mass is 282 g/mol. The van der Waals surface area contributed by atoms with Gasteiger partial charge in [0.1, 0.15) is 5.52 Å². The molecule has 0 aliphatic carbocycles. The first-order valence-corrected chi connectivity index (χ1v) is 6.87. The van der Waals surface area contributed by atoms with Gasteiger partial charge in [0, 0.05) is 0 Å². The molecule has 0 radical (unpaired) electrons.